The summed E-state index contributed by atoms with van der Waals surface area (Å²) >= 11 is 2.91. The summed E-state index contributed by atoms with van der Waals surface area (Å²) in [5, 5.41) is 0. The summed E-state index contributed by atoms with van der Waals surface area (Å²) in [4.78, 5) is -0.451. The number of hydrogen-bond acceptors (Lipinski definition) is 3. The van der Waals surface area contributed by atoms with Crippen LogP contribution in [-0.4, -0.2) is 14.5 Å². The molecular weight excluding hydrogens is 299 g/mol. The highest BCUT2D eigenvalue weighted by atomic mass is 79.9. The van der Waals surface area contributed by atoms with Gasteiger partial charge in [-0.2, -0.15) is 0 Å². The van der Waals surface area contributed by atoms with Crippen molar-refractivity contribution in [1.82, 2.24) is 4.72 Å². The third kappa shape index (κ3) is 2.93. The van der Waals surface area contributed by atoms with E-state index in [0.717, 1.165) is 6.07 Å². The predicted molar refractivity (Wildman–Crippen MR) is 64.0 cm³/mol. The molecule has 1 aromatic carbocycles. The Hall–Kier alpha value is -0.660. The third-order valence-corrected chi connectivity index (χ3v) is 3.93. The lowest BCUT2D eigenvalue weighted by Gasteiger charge is -2.11. The Bertz CT molecular complexity index is 502. The zero-order valence-electron chi connectivity index (χ0n) is 8.79. The quantitative estimate of drug-likeness (QED) is 0.837. The van der Waals surface area contributed by atoms with Gasteiger partial charge in [0.05, 0.1) is 4.47 Å². The molecule has 0 aromatic heterocycles. The molecule has 4 nitrogen and oxygen atoms in total. The van der Waals surface area contributed by atoms with E-state index in [1.54, 1.807) is 13.8 Å². The highest BCUT2D eigenvalue weighted by molar-refractivity contribution is 9.10. The van der Waals surface area contributed by atoms with E-state index in [4.69, 9.17) is 5.73 Å². The molecule has 7 heteroatoms. The molecule has 0 saturated carbocycles. The van der Waals surface area contributed by atoms with Gasteiger partial charge in [-0.25, -0.2) is 17.5 Å². The number of anilines is 1. The predicted octanol–water partition coefficient (Wildman–Crippen LogP) is 1.86. The molecule has 0 fully saturated rings. The van der Waals surface area contributed by atoms with E-state index in [1.165, 1.54) is 6.07 Å². The number of sulfonamides is 1. The van der Waals surface area contributed by atoms with Crippen molar-refractivity contribution in [3.63, 3.8) is 0 Å². The van der Waals surface area contributed by atoms with Gasteiger partial charge in [0.1, 0.15) is 4.90 Å². The number of benzene rings is 1. The van der Waals surface area contributed by atoms with E-state index in [9.17, 15) is 12.8 Å². The summed E-state index contributed by atoms with van der Waals surface area (Å²) in [5.74, 6) is -0.845. The number of halogens is 2. The fourth-order valence-electron chi connectivity index (χ4n) is 1.15. The van der Waals surface area contributed by atoms with Gasteiger partial charge in [0.15, 0.2) is 5.82 Å². The van der Waals surface area contributed by atoms with E-state index in [1.807, 2.05) is 0 Å². The molecule has 0 heterocycles. The summed E-state index contributed by atoms with van der Waals surface area (Å²) < 4.78 is 39.4. The molecule has 0 atom stereocenters. The van der Waals surface area contributed by atoms with Crippen LogP contribution in [0.25, 0.3) is 0 Å². The number of rotatable bonds is 3. The normalized spacial score (nSPS) is 12.1. The molecule has 0 aliphatic rings. The van der Waals surface area contributed by atoms with Crippen molar-refractivity contribution in [2.45, 2.75) is 24.8 Å². The van der Waals surface area contributed by atoms with Crippen molar-refractivity contribution in [3.05, 3.63) is 22.4 Å². The van der Waals surface area contributed by atoms with Crippen LogP contribution in [0.5, 0.6) is 0 Å². The summed E-state index contributed by atoms with van der Waals surface area (Å²) in [7, 11) is -3.87. The number of nitrogens with two attached hydrogens (primary N) is 1. The van der Waals surface area contributed by atoms with Crippen molar-refractivity contribution in [2.75, 3.05) is 5.73 Å². The maximum Gasteiger partial charge on any atom is 0.243 e. The Morgan fingerprint density at radius 1 is 1.44 bits per heavy atom. The fraction of sp³-hybridized carbons (Fsp3) is 0.333. The van der Waals surface area contributed by atoms with Crippen LogP contribution < -0.4 is 10.5 Å². The van der Waals surface area contributed by atoms with Gasteiger partial charge in [-0.1, -0.05) is 0 Å². The van der Waals surface area contributed by atoms with E-state index in [0.29, 0.717) is 0 Å². The minimum absolute atomic E-state index is 0.0247. The van der Waals surface area contributed by atoms with Crippen molar-refractivity contribution in [1.29, 1.82) is 0 Å². The first-order valence-corrected chi connectivity index (χ1v) is 6.78. The van der Waals surface area contributed by atoms with Gasteiger partial charge in [-0.15, -0.1) is 0 Å². The van der Waals surface area contributed by atoms with Crippen LogP contribution in [0, 0.1) is 5.82 Å². The number of nitrogen functional groups attached to an aromatic ring is 1. The molecule has 0 radical (unpaired) electrons. The lowest BCUT2D eigenvalue weighted by molar-refractivity contribution is 0.547. The lowest BCUT2D eigenvalue weighted by atomic mass is 10.3. The second-order valence-electron chi connectivity index (χ2n) is 3.59. The Morgan fingerprint density at radius 3 is 2.50 bits per heavy atom. The summed E-state index contributed by atoms with van der Waals surface area (Å²) in [5.41, 5.74) is 5.65. The lowest BCUT2D eigenvalue weighted by Crippen LogP contribution is -2.31. The summed E-state index contributed by atoms with van der Waals surface area (Å²) in [6.45, 7) is 3.30. The van der Waals surface area contributed by atoms with Gasteiger partial charge in [-0.05, 0) is 41.9 Å². The average Bonchev–Trinajstić information content (AvgIpc) is 2.08. The molecule has 0 unspecified atom stereocenters. The first-order valence-electron chi connectivity index (χ1n) is 4.51. The maximum atomic E-state index is 13.6. The van der Waals surface area contributed by atoms with E-state index < -0.39 is 20.7 Å². The van der Waals surface area contributed by atoms with Gasteiger partial charge in [-0.3, -0.25) is 0 Å². The second-order valence-corrected chi connectivity index (χ2v) is 6.13. The van der Waals surface area contributed by atoms with Crippen LogP contribution in [0.15, 0.2) is 21.5 Å². The summed E-state index contributed by atoms with van der Waals surface area (Å²) in [6.07, 6.45) is 0. The van der Waals surface area contributed by atoms with E-state index in [2.05, 4.69) is 20.7 Å². The van der Waals surface area contributed by atoms with Crippen molar-refractivity contribution >= 4 is 31.6 Å². The van der Waals surface area contributed by atoms with Gasteiger partial charge in [0.2, 0.25) is 10.0 Å². The standard InChI is InChI=1S/C9H12BrFN2O2S/c1-5(2)13-16(14,15)8-4-6(12)3-7(10)9(8)11/h3-5,13H,12H2,1-2H3. The van der Waals surface area contributed by atoms with Crippen LogP contribution in [0.1, 0.15) is 13.8 Å². The van der Waals surface area contributed by atoms with Crippen molar-refractivity contribution in [2.24, 2.45) is 0 Å². The van der Waals surface area contributed by atoms with Crippen LogP contribution in [0.4, 0.5) is 10.1 Å². The molecule has 90 valence electrons. The van der Waals surface area contributed by atoms with Crippen LogP contribution >= 0.6 is 15.9 Å². The van der Waals surface area contributed by atoms with Gasteiger partial charge < -0.3 is 5.73 Å². The van der Waals surface area contributed by atoms with E-state index >= 15 is 0 Å². The van der Waals surface area contributed by atoms with Crippen LogP contribution in [0.2, 0.25) is 0 Å². The molecule has 0 spiro atoms. The first-order chi connectivity index (χ1) is 7.24. The number of hydrogen-bond donors (Lipinski definition) is 2. The Morgan fingerprint density at radius 2 is 2.00 bits per heavy atom. The molecular formula is C9H12BrFN2O2S. The van der Waals surface area contributed by atoms with Crippen LogP contribution in [-0.2, 0) is 10.0 Å². The minimum atomic E-state index is -3.87. The van der Waals surface area contributed by atoms with Crippen LogP contribution in [0.3, 0.4) is 0 Å². The van der Waals surface area contributed by atoms with Crippen molar-refractivity contribution < 1.29 is 12.8 Å². The molecule has 0 saturated heterocycles. The smallest absolute Gasteiger partial charge is 0.243 e. The van der Waals surface area contributed by atoms with Gasteiger partial charge >= 0.3 is 0 Å². The first kappa shape index (κ1) is 13.4. The zero-order valence-corrected chi connectivity index (χ0v) is 11.2. The molecule has 0 amide bonds. The average molecular weight is 311 g/mol. The second kappa shape index (κ2) is 4.68. The van der Waals surface area contributed by atoms with Gasteiger partial charge in [0.25, 0.3) is 0 Å². The Labute approximate surface area is 102 Å². The molecule has 3 N–H and O–H groups in total. The molecule has 0 aliphatic heterocycles. The van der Waals surface area contributed by atoms with Gasteiger partial charge in [0, 0.05) is 11.7 Å². The van der Waals surface area contributed by atoms with Crippen molar-refractivity contribution in [3.8, 4) is 0 Å². The maximum absolute atomic E-state index is 13.6. The molecule has 1 aromatic rings. The SMILES string of the molecule is CC(C)NS(=O)(=O)c1cc(N)cc(Br)c1F. The highest BCUT2D eigenvalue weighted by Crippen LogP contribution is 2.26. The number of nitrogens with one attached hydrogen (secondary N) is 1. The summed E-state index contributed by atoms with van der Waals surface area (Å²) in [6, 6.07) is 2.08. The molecule has 1 rings (SSSR count). The zero-order chi connectivity index (χ0) is 12.5. The Kier molecular flexibility index (Phi) is 3.92. The topological polar surface area (TPSA) is 72.2 Å². The minimum Gasteiger partial charge on any atom is -0.399 e. The molecule has 0 aliphatic carbocycles. The highest BCUT2D eigenvalue weighted by Gasteiger charge is 2.22. The Balaban J connectivity index is 3.33. The van der Waals surface area contributed by atoms with E-state index in [-0.39, 0.29) is 16.2 Å². The largest absolute Gasteiger partial charge is 0.399 e. The molecule has 0 bridgehead atoms. The monoisotopic (exact) mass is 310 g/mol. The fourth-order valence-corrected chi connectivity index (χ4v) is 3.15. The third-order valence-electron chi connectivity index (χ3n) is 1.70. The molecule has 16 heavy (non-hydrogen) atoms.